The van der Waals surface area contributed by atoms with Crippen LogP contribution in [0.1, 0.15) is 84.0 Å². The highest BCUT2D eigenvalue weighted by atomic mass is 16.2. The molecule has 0 heterocycles. The Kier molecular flexibility index (Phi) is 16.6. The second-order valence-electron chi connectivity index (χ2n) is 5.14. The molecule has 0 rings (SSSR count). The van der Waals surface area contributed by atoms with Crippen LogP contribution >= 0.6 is 0 Å². The first kappa shape index (κ1) is 18.3. The maximum absolute atomic E-state index is 8.49. The Hall–Kier alpha value is -0.740. The molecule has 0 spiro atoms. The van der Waals surface area contributed by atoms with E-state index in [1.54, 1.807) is 0 Å². The summed E-state index contributed by atoms with van der Waals surface area (Å²) in [4.78, 5) is 0. The number of unbranched alkanes of at least 4 members (excludes halogenated alkanes) is 10. The van der Waals surface area contributed by atoms with Gasteiger partial charge >= 0.3 is 0 Å². The third-order valence-electron chi connectivity index (χ3n) is 3.27. The summed E-state index contributed by atoms with van der Waals surface area (Å²) in [5.41, 5.74) is 0. The lowest BCUT2D eigenvalue weighted by Crippen LogP contribution is -1.81. The number of allylic oxidation sites excluding steroid dienone is 2. The van der Waals surface area contributed by atoms with Gasteiger partial charge in [-0.25, -0.2) is 0 Å². The van der Waals surface area contributed by atoms with Crippen LogP contribution < -0.4 is 0 Å². The van der Waals surface area contributed by atoms with Gasteiger partial charge in [-0.2, -0.15) is 0 Å². The Labute approximate surface area is 120 Å². The zero-order valence-corrected chi connectivity index (χ0v) is 12.8. The van der Waals surface area contributed by atoms with Gasteiger partial charge < -0.3 is 5.11 Å². The number of hydrogen-bond donors (Lipinski definition) is 1. The molecule has 0 aliphatic heterocycles. The second kappa shape index (κ2) is 17.3. The lowest BCUT2D eigenvalue weighted by molar-refractivity contribution is 0.350. The van der Waals surface area contributed by atoms with E-state index in [9.17, 15) is 0 Å². The Bertz CT molecular complexity index is 244. The first-order valence-corrected chi connectivity index (χ1v) is 8.13. The first-order valence-electron chi connectivity index (χ1n) is 8.13. The molecular weight excluding hydrogens is 232 g/mol. The minimum atomic E-state index is 0.00684. The van der Waals surface area contributed by atoms with Crippen LogP contribution in [0.25, 0.3) is 0 Å². The molecule has 0 aliphatic rings. The van der Waals surface area contributed by atoms with Gasteiger partial charge in [0.25, 0.3) is 0 Å². The van der Waals surface area contributed by atoms with E-state index < -0.39 is 0 Å². The second-order valence-corrected chi connectivity index (χ2v) is 5.14. The molecule has 0 fully saturated rings. The zero-order valence-electron chi connectivity index (χ0n) is 12.8. The van der Waals surface area contributed by atoms with Gasteiger partial charge in [0.15, 0.2) is 0 Å². The summed E-state index contributed by atoms with van der Waals surface area (Å²) in [5.74, 6) is 5.66. The van der Waals surface area contributed by atoms with Crippen LogP contribution in [-0.2, 0) is 0 Å². The summed E-state index contributed by atoms with van der Waals surface area (Å²) in [6.07, 6.45) is 20.1. The highest BCUT2D eigenvalue weighted by molar-refractivity contribution is 4.98. The molecule has 1 N–H and O–H groups in total. The zero-order chi connectivity index (χ0) is 14.0. The van der Waals surface area contributed by atoms with Crippen LogP contribution in [0.3, 0.4) is 0 Å². The predicted molar refractivity (Wildman–Crippen MR) is 85.1 cm³/mol. The average molecular weight is 264 g/mol. The molecule has 0 atom stereocenters. The normalized spacial score (nSPS) is 10.6. The van der Waals surface area contributed by atoms with Crippen LogP contribution in [0.5, 0.6) is 0 Å². The SMILES string of the molecule is CCCC/C=C/CCCCCCCCCC#CCO. The summed E-state index contributed by atoms with van der Waals surface area (Å²) in [5, 5.41) is 8.49. The summed E-state index contributed by atoms with van der Waals surface area (Å²) in [6, 6.07) is 0. The summed E-state index contributed by atoms with van der Waals surface area (Å²) < 4.78 is 0. The van der Waals surface area contributed by atoms with Gasteiger partial charge in [0, 0.05) is 6.42 Å². The van der Waals surface area contributed by atoms with E-state index in [1.165, 1.54) is 70.6 Å². The highest BCUT2D eigenvalue weighted by Crippen LogP contribution is 2.10. The monoisotopic (exact) mass is 264 g/mol. The van der Waals surface area contributed by atoms with Crippen molar-refractivity contribution in [2.75, 3.05) is 6.61 Å². The highest BCUT2D eigenvalue weighted by Gasteiger charge is 1.90. The van der Waals surface area contributed by atoms with Crippen molar-refractivity contribution in [2.45, 2.75) is 84.0 Å². The van der Waals surface area contributed by atoms with Gasteiger partial charge in [0.1, 0.15) is 6.61 Å². The van der Waals surface area contributed by atoms with Crippen LogP contribution in [0.15, 0.2) is 12.2 Å². The molecule has 0 aromatic carbocycles. The molecule has 19 heavy (non-hydrogen) atoms. The molecular formula is C18H32O. The third-order valence-corrected chi connectivity index (χ3v) is 3.27. The van der Waals surface area contributed by atoms with Gasteiger partial charge in [-0.3, -0.25) is 0 Å². The van der Waals surface area contributed by atoms with E-state index in [1.807, 2.05) is 0 Å². The molecule has 0 bridgehead atoms. The van der Waals surface area contributed by atoms with Crippen LogP contribution in [0, 0.1) is 11.8 Å². The van der Waals surface area contributed by atoms with Crippen molar-refractivity contribution in [1.29, 1.82) is 0 Å². The first-order chi connectivity index (χ1) is 9.41. The molecule has 0 aromatic rings. The number of aliphatic hydroxyl groups excluding tert-OH is 1. The fraction of sp³-hybridized carbons (Fsp3) is 0.778. The topological polar surface area (TPSA) is 20.2 Å². The lowest BCUT2D eigenvalue weighted by Gasteiger charge is -1.99. The minimum absolute atomic E-state index is 0.00684. The Morgan fingerprint density at radius 2 is 1.32 bits per heavy atom. The summed E-state index contributed by atoms with van der Waals surface area (Å²) in [6.45, 7) is 2.25. The molecule has 0 aliphatic carbocycles. The standard InChI is InChI=1S/C18H32O/c1-2-3-4-5-6-7-8-9-10-11-12-13-14-15-16-17-18-19/h5-6,19H,2-4,7-15,18H2,1H3/b6-5+. The van der Waals surface area contributed by atoms with E-state index >= 15 is 0 Å². The molecule has 1 heteroatoms. The minimum Gasteiger partial charge on any atom is -0.384 e. The summed E-state index contributed by atoms with van der Waals surface area (Å²) in [7, 11) is 0. The van der Waals surface area contributed by atoms with E-state index in [4.69, 9.17) is 5.11 Å². The maximum Gasteiger partial charge on any atom is 0.104 e. The number of hydrogen-bond acceptors (Lipinski definition) is 1. The molecule has 110 valence electrons. The Morgan fingerprint density at radius 3 is 1.95 bits per heavy atom. The van der Waals surface area contributed by atoms with Crippen molar-refractivity contribution in [3.63, 3.8) is 0 Å². The molecule has 0 amide bonds. The van der Waals surface area contributed by atoms with Crippen molar-refractivity contribution in [2.24, 2.45) is 0 Å². The van der Waals surface area contributed by atoms with Gasteiger partial charge in [-0.1, -0.05) is 69.9 Å². The molecule has 0 saturated carbocycles. The average Bonchev–Trinajstić information content (AvgIpc) is 2.43. The largest absolute Gasteiger partial charge is 0.384 e. The van der Waals surface area contributed by atoms with Crippen molar-refractivity contribution in [3.8, 4) is 11.8 Å². The molecule has 0 radical (unpaired) electrons. The van der Waals surface area contributed by atoms with Gasteiger partial charge in [0.2, 0.25) is 0 Å². The van der Waals surface area contributed by atoms with Gasteiger partial charge in [-0.15, -0.1) is 5.92 Å². The predicted octanol–water partition coefficient (Wildman–Crippen LogP) is 5.24. The lowest BCUT2D eigenvalue weighted by atomic mass is 10.1. The molecule has 0 saturated heterocycles. The Balaban J connectivity index is 3.04. The van der Waals surface area contributed by atoms with Gasteiger partial charge in [0.05, 0.1) is 0 Å². The van der Waals surface area contributed by atoms with E-state index in [2.05, 4.69) is 30.9 Å². The van der Waals surface area contributed by atoms with E-state index in [-0.39, 0.29) is 6.61 Å². The van der Waals surface area contributed by atoms with Crippen molar-refractivity contribution in [1.82, 2.24) is 0 Å². The quantitative estimate of drug-likeness (QED) is 0.290. The van der Waals surface area contributed by atoms with Crippen molar-refractivity contribution in [3.05, 3.63) is 12.2 Å². The van der Waals surface area contributed by atoms with Crippen molar-refractivity contribution < 1.29 is 5.11 Å². The molecule has 1 nitrogen and oxygen atoms in total. The van der Waals surface area contributed by atoms with E-state index in [0.717, 1.165) is 6.42 Å². The number of rotatable bonds is 12. The van der Waals surface area contributed by atoms with Crippen LogP contribution in [0.4, 0.5) is 0 Å². The smallest absolute Gasteiger partial charge is 0.104 e. The number of aliphatic hydroxyl groups is 1. The maximum atomic E-state index is 8.49. The fourth-order valence-electron chi connectivity index (χ4n) is 2.06. The third kappa shape index (κ3) is 17.3. The van der Waals surface area contributed by atoms with Crippen LogP contribution in [-0.4, -0.2) is 11.7 Å². The molecule has 0 unspecified atom stereocenters. The fourth-order valence-corrected chi connectivity index (χ4v) is 2.06. The van der Waals surface area contributed by atoms with Gasteiger partial charge in [-0.05, 0) is 25.7 Å². The van der Waals surface area contributed by atoms with E-state index in [0.29, 0.717) is 0 Å². The van der Waals surface area contributed by atoms with Crippen molar-refractivity contribution >= 4 is 0 Å². The molecule has 0 aromatic heterocycles. The Morgan fingerprint density at radius 1 is 0.737 bits per heavy atom. The van der Waals surface area contributed by atoms with Crippen LogP contribution in [0.2, 0.25) is 0 Å². The summed E-state index contributed by atoms with van der Waals surface area (Å²) >= 11 is 0.